The van der Waals surface area contributed by atoms with Crippen LogP contribution in [0.5, 0.6) is 0 Å². The molecule has 2 saturated heterocycles. The number of aliphatic imine (C=N–C) groups is 1. The van der Waals surface area contributed by atoms with Crippen LogP contribution in [0.1, 0.15) is 37.7 Å². The summed E-state index contributed by atoms with van der Waals surface area (Å²) in [6.07, 6.45) is 6.84. The number of amidine groups is 1. The quantitative estimate of drug-likeness (QED) is 0.653. The van der Waals surface area contributed by atoms with Crippen LogP contribution in [0.25, 0.3) is 0 Å². The maximum absolute atomic E-state index is 6.44. The van der Waals surface area contributed by atoms with Crippen molar-refractivity contribution in [3.8, 4) is 0 Å². The van der Waals surface area contributed by atoms with E-state index in [2.05, 4.69) is 4.90 Å². The third-order valence-corrected chi connectivity index (χ3v) is 6.79. The fourth-order valence-corrected chi connectivity index (χ4v) is 5.60. The molecule has 3 aliphatic heterocycles. The predicted molar refractivity (Wildman–Crippen MR) is 86.4 cm³/mol. The number of nitrogens with zero attached hydrogens (tertiary/aromatic N) is 2. The molecule has 0 aromatic heterocycles. The van der Waals surface area contributed by atoms with Gasteiger partial charge in [0.1, 0.15) is 5.84 Å². The summed E-state index contributed by atoms with van der Waals surface area (Å²) in [5.74, 6) is 3.85. The Kier molecular flexibility index (Phi) is 2.67. The van der Waals surface area contributed by atoms with E-state index in [0.717, 1.165) is 29.6 Å². The van der Waals surface area contributed by atoms with E-state index in [0.29, 0.717) is 22.0 Å². The third-order valence-electron chi connectivity index (χ3n) is 5.95. The lowest BCUT2D eigenvalue weighted by Gasteiger charge is -2.39. The highest BCUT2D eigenvalue weighted by molar-refractivity contribution is 6.42. The summed E-state index contributed by atoms with van der Waals surface area (Å²) in [6, 6.07) is 4.58. The summed E-state index contributed by atoms with van der Waals surface area (Å²) < 4.78 is 0. The second-order valence-corrected chi connectivity index (χ2v) is 8.00. The second kappa shape index (κ2) is 4.39. The van der Waals surface area contributed by atoms with Gasteiger partial charge in [0.2, 0.25) is 0 Å². The average molecular weight is 321 g/mol. The number of fused-ring (bicyclic) bond motifs is 1. The minimum absolute atomic E-state index is 0.648. The molecule has 0 unspecified atom stereocenters. The smallest absolute Gasteiger partial charge is 0.108 e. The van der Waals surface area contributed by atoms with E-state index in [1.165, 1.54) is 37.9 Å². The van der Waals surface area contributed by atoms with Gasteiger partial charge in [-0.1, -0.05) is 23.2 Å². The highest BCUT2D eigenvalue weighted by Crippen LogP contribution is 2.51. The maximum Gasteiger partial charge on any atom is 0.108 e. The minimum Gasteiger partial charge on any atom is -0.352 e. The van der Waals surface area contributed by atoms with Crippen LogP contribution in [-0.4, -0.2) is 16.8 Å². The first-order valence-corrected chi connectivity index (χ1v) is 8.76. The number of benzene rings is 1. The van der Waals surface area contributed by atoms with Gasteiger partial charge in [0.25, 0.3) is 0 Å². The molecule has 2 aliphatic carbocycles. The van der Waals surface area contributed by atoms with Crippen molar-refractivity contribution in [3.05, 3.63) is 27.7 Å². The van der Waals surface area contributed by atoms with Crippen LogP contribution in [0.2, 0.25) is 10.0 Å². The van der Waals surface area contributed by atoms with Crippen molar-refractivity contribution in [2.24, 2.45) is 22.7 Å². The van der Waals surface area contributed by atoms with Gasteiger partial charge < -0.3 is 4.90 Å². The molecule has 0 radical (unpaired) electrons. The molecular weight excluding hydrogens is 303 g/mol. The first-order chi connectivity index (χ1) is 10.2. The van der Waals surface area contributed by atoms with Gasteiger partial charge in [-0.2, -0.15) is 0 Å². The molecule has 110 valence electrons. The molecule has 2 nitrogen and oxygen atoms in total. The molecule has 3 heterocycles. The van der Waals surface area contributed by atoms with Gasteiger partial charge in [0.05, 0.1) is 15.7 Å². The molecule has 0 amide bonds. The van der Waals surface area contributed by atoms with E-state index in [4.69, 9.17) is 28.2 Å². The first kappa shape index (κ1) is 12.8. The van der Waals surface area contributed by atoms with E-state index in [1.807, 2.05) is 12.1 Å². The first-order valence-electron chi connectivity index (χ1n) is 8.01. The predicted octanol–water partition coefficient (Wildman–Crippen LogP) is 5.05. The molecular formula is C17H18Cl2N2. The Morgan fingerprint density at radius 1 is 1.00 bits per heavy atom. The van der Waals surface area contributed by atoms with Crippen LogP contribution in [0.4, 0.5) is 5.69 Å². The summed E-state index contributed by atoms with van der Waals surface area (Å²) in [5.41, 5.74) is 2.16. The molecule has 4 fully saturated rings. The van der Waals surface area contributed by atoms with Gasteiger partial charge in [-0.25, -0.2) is 4.99 Å². The van der Waals surface area contributed by atoms with Gasteiger partial charge in [0.15, 0.2) is 0 Å². The molecule has 6 rings (SSSR count). The van der Waals surface area contributed by atoms with E-state index >= 15 is 0 Å². The van der Waals surface area contributed by atoms with Crippen molar-refractivity contribution in [3.63, 3.8) is 0 Å². The Morgan fingerprint density at radius 3 is 2.52 bits per heavy atom. The average Bonchev–Trinajstić information content (AvgIpc) is 2.64. The maximum atomic E-state index is 6.44. The van der Waals surface area contributed by atoms with Crippen LogP contribution in [0.3, 0.4) is 0 Å². The Bertz CT molecular complexity index is 640. The van der Waals surface area contributed by atoms with Gasteiger partial charge >= 0.3 is 0 Å². The molecule has 1 aromatic rings. The molecule has 0 spiro atoms. The Labute approximate surface area is 135 Å². The molecule has 21 heavy (non-hydrogen) atoms. The van der Waals surface area contributed by atoms with E-state index in [-0.39, 0.29) is 0 Å². The topological polar surface area (TPSA) is 15.6 Å². The molecule has 4 bridgehead atoms. The van der Waals surface area contributed by atoms with Crippen LogP contribution < -0.4 is 0 Å². The van der Waals surface area contributed by atoms with Gasteiger partial charge in [-0.05, 0) is 56.1 Å². The van der Waals surface area contributed by atoms with Crippen molar-refractivity contribution in [1.82, 2.24) is 4.90 Å². The molecule has 5 aliphatic rings. The Hall–Kier alpha value is -0.730. The van der Waals surface area contributed by atoms with Gasteiger partial charge in [-0.3, -0.25) is 0 Å². The monoisotopic (exact) mass is 320 g/mol. The summed E-state index contributed by atoms with van der Waals surface area (Å²) >= 11 is 12.6. The van der Waals surface area contributed by atoms with Crippen LogP contribution >= 0.6 is 23.2 Å². The molecule has 0 N–H and O–H groups in total. The van der Waals surface area contributed by atoms with Crippen molar-refractivity contribution in [2.75, 3.05) is 0 Å². The normalized spacial score (nSPS) is 36.1. The van der Waals surface area contributed by atoms with Crippen molar-refractivity contribution in [2.45, 2.75) is 44.7 Å². The van der Waals surface area contributed by atoms with Crippen molar-refractivity contribution >= 4 is 34.7 Å². The summed E-state index contributed by atoms with van der Waals surface area (Å²) in [6.45, 7) is 0.897. The third kappa shape index (κ3) is 1.82. The zero-order valence-corrected chi connectivity index (χ0v) is 13.4. The Morgan fingerprint density at radius 2 is 1.76 bits per heavy atom. The number of rotatable bonds is 0. The lowest BCUT2D eigenvalue weighted by molar-refractivity contribution is 0.128. The summed E-state index contributed by atoms with van der Waals surface area (Å²) in [4.78, 5) is 7.59. The van der Waals surface area contributed by atoms with E-state index in [9.17, 15) is 0 Å². The van der Waals surface area contributed by atoms with Crippen molar-refractivity contribution in [1.29, 1.82) is 0 Å². The van der Waals surface area contributed by atoms with Gasteiger partial charge in [0, 0.05) is 24.1 Å². The molecule has 1 aromatic carbocycles. The van der Waals surface area contributed by atoms with Crippen LogP contribution in [-0.2, 0) is 6.54 Å². The number of halogens is 2. The zero-order chi connectivity index (χ0) is 14.1. The highest BCUT2D eigenvalue weighted by Gasteiger charge is 2.46. The summed E-state index contributed by atoms with van der Waals surface area (Å²) in [7, 11) is 0. The largest absolute Gasteiger partial charge is 0.352 e. The standard InChI is InChI=1S/C17H18Cl2N2/c18-14-1-2-15-13(16(14)19)8-21-12-6-9-3-10(7-12)5-11(4-9)17(21)20-15/h1-2,9-12H,3-8H2/t9-,10-,11?,12?/m0/s1. The van der Waals surface area contributed by atoms with E-state index in [1.54, 1.807) is 0 Å². The number of hydrogen-bond donors (Lipinski definition) is 0. The molecule has 2 atom stereocenters. The molecule has 4 heteroatoms. The zero-order valence-electron chi connectivity index (χ0n) is 11.9. The van der Waals surface area contributed by atoms with Gasteiger partial charge in [-0.15, -0.1) is 0 Å². The fraction of sp³-hybridized carbons (Fsp3) is 0.588. The SMILES string of the molecule is Clc1ccc2c(c1Cl)CN1C(=N2)C2C[C@H]3CC1C[C@H](C2)C3. The number of hydrogen-bond acceptors (Lipinski definition) is 2. The Balaban J connectivity index is 1.66. The van der Waals surface area contributed by atoms with E-state index < -0.39 is 0 Å². The van der Waals surface area contributed by atoms with Crippen molar-refractivity contribution < 1.29 is 0 Å². The summed E-state index contributed by atoms with van der Waals surface area (Å²) in [5, 5.41) is 1.34. The minimum atomic E-state index is 0.648. The lowest BCUT2D eigenvalue weighted by Crippen LogP contribution is -2.42. The van der Waals surface area contributed by atoms with Crippen LogP contribution in [0, 0.1) is 17.8 Å². The highest BCUT2D eigenvalue weighted by atomic mass is 35.5. The molecule has 2 saturated carbocycles. The second-order valence-electron chi connectivity index (χ2n) is 7.22. The fourth-order valence-electron chi connectivity index (χ4n) is 5.20. The lowest BCUT2D eigenvalue weighted by atomic mass is 9.68. The van der Waals surface area contributed by atoms with Crippen LogP contribution in [0.15, 0.2) is 17.1 Å².